The number of amides is 3. The fourth-order valence-corrected chi connectivity index (χ4v) is 4.69. The molecule has 1 saturated heterocycles. The second kappa shape index (κ2) is 10.2. The summed E-state index contributed by atoms with van der Waals surface area (Å²) >= 11 is 0. The predicted molar refractivity (Wildman–Crippen MR) is 143 cm³/mol. The van der Waals surface area contributed by atoms with Crippen molar-refractivity contribution in [3.8, 4) is 5.75 Å². The summed E-state index contributed by atoms with van der Waals surface area (Å²) in [6.07, 6.45) is 0. The van der Waals surface area contributed by atoms with Crippen LogP contribution in [0.2, 0.25) is 0 Å². The third-order valence-corrected chi connectivity index (χ3v) is 6.79. The number of anilines is 3. The van der Waals surface area contributed by atoms with Crippen LogP contribution in [0.25, 0.3) is 0 Å². The van der Waals surface area contributed by atoms with Gasteiger partial charge < -0.3 is 19.9 Å². The summed E-state index contributed by atoms with van der Waals surface area (Å²) in [5, 5.41) is 2.84. The SMILES string of the molecule is CC1(C)Oc2ccc(C(=O)Nc3ccccc3)cc2N(CC(=O)N2CCN(c3ccc(F)cc3)CC2)C1=O. The van der Waals surface area contributed by atoms with Crippen LogP contribution in [0.1, 0.15) is 24.2 Å². The second-order valence-electron chi connectivity index (χ2n) is 9.85. The molecule has 1 fully saturated rings. The molecule has 2 aliphatic rings. The average molecular weight is 517 g/mol. The Morgan fingerprint density at radius 2 is 1.63 bits per heavy atom. The largest absolute Gasteiger partial charge is 0.476 e. The topological polar surface area (TPSA) is 82.2 Å². The Hall–Kier alpha value is -4.40. The molecule has 0 saturated carbocycles. The zero-order chi connectivity index (χ0) is 26.9. The molecule has 196 valence electrons. The first-order valence-corrected chi connectivity index (χ1v) is 12.5. The van der Waals surface area contributed by atoms with Crippen molar-refractivity contribution in [1.29, 1.82) is 0 Å². The van der Waals surface area contributed by atoms with Gasteiger partial charge in [0.2, 0.25) is 5.91 Å². The molecule has 0 radical (unpaired) electrons. The normalized spacial score (nSPS) is 16.5. The molecule has 3 aromatic carbocycles. The number of benzene rings is 3. The van der Waals surface area contributed by atoms with Crippen LogP contribution in [0.15, 0.2) is 72.8 Å². The summed E-state index contributed by atoms with van der Waals surface area (Å²) in [6.45, 7) is 5.30. The molecule has 9 heteroatoms. The molecular formula is C29H29FN4O4. The van der Waals surface area contributed by atoms with Gasteiger partial charge in [0.25, 0.3) is 11.8 Å². The number of rotatable bonds is 5. The number of para-hydroxylation sites is 1. The van der Waals surface area contributed by atoms with Crippen molar-refractivity contribution in [3.05, 3.63) is 84.2 Å². The van der Waals surface area contributed by atoms with E-state index in [1.807, 2.05) is 18.2 Å². The molecule has 3 amide bonds. The quantitative estimate of drug-likeness (QED) is 0.556. The molecular weight excluding hydrogens is 487 g/mol. The molecule has 0 bridgehead atoms. The van der Waals surface area contributed by atoms with Gasteiger partial charge in [-0.25, -0.2) is 4.39 Å². The summed E-state index contributed by atoms with van der Waals surface area (Å²) in [4.78, 5) is 44.8. The Labute approximate surface area is 220 Å². The Kier molecular flexibility index (Phi) is 6.75. The van der Waals surface area contributed by atoms with Crippen LogP contribution in [0.4, 0.5) is 21.5 Å². The van der Waals surface area contributed by atoms with Crippen LogP contribution in [-0.2, 0) is 9.59 Å². The molecule has 2 heterocycles. The third-order valence-electron chi connectivity index (χ3n) is 6.79. The highest BCUT2D eigenvalue weighted by atomic mass is 19.1. The number of fused-ring (bicyclic) bond motifs is 1. The van der Waals surface area contributed by atoms with Crippen molar-refractivity contribution in [1.82, 2.24) is 4.90 Å². The molecule has 2 aliphatic heterocycles. The summed E-state index contributed by atoms with van der Waals surface area (Å²) in [5.74, 6) is -0.746. The summed E-state index contributed by atoms with van der Waals surface area (Å²) < 4.78 is 19.2. The summed E-state index contributed by atoms with van der Waals surface area (Å²) in [5.41, 5.74) is 1.11. The Morgan fingerprint density at radius 1 is 0.947 bits per heavy atom. The van der Waals surface area contributed by atoms with Crippen molar-refractivity contribution in [2.24, 2.45) is 0 Å². The highest BCUT2D eigenvalue weighted by Crippen LogP contribution is 2.38. The van der Waals surface area contributed by atoms with Crippen LogP contribution in [0, 0.1) is 5.82 Å². The number of nitrogens with one attached hydrogen (secondary N) is 1. The maximum Gasteiger partial charge on any atom is 0.271 e. The number of piperazine rings is 1. The second-order valence-corrected chi connectivity index (χ2v) is 9.85. The van der Waals surface area contributed by atoms with E-state index in [4.69, 9.17) is 4.74 Å². The number of ether oxygens (including phenoxy) is 1. The number of nitrogens with zero attached hydrogens (tertiary/aromatic N) is 3. The maximum absolute atomic E-state index is 13.4. The highest BCUT2D eigenvalue weighted by Gasteiger charge is 2.42. The van der Waals surface area contributed by atoms with Crippen LogP contribution in [0.3, 0.4) is 0 Å². The fourth-order valence-electron chi connectivity index (χ4n) is 4.69. The van der Waals surface area contributed by atoms with E-state index in [1.165, 1.54) is 17.0 Å². The molecule has 0 atom stereocenters. The lowest BCUT2D eigenvalue weighted by atomic mass is 10.0. The molecule has 0 unspecified atom stereocenters. The zero-order valence-electron chi connectivity index (χ0n) is 21.3. The molecule has 0 aromatic heterocycles. The van der Waals surface area contributed by atoms with Crippen LogP contribution >= 0.6 is 0 Å². The molecule has 8 nitrogen and oxygen atoms in total. The monoisotopic (exact) mass is 516 g/mol. The van der Waals surface area contributed by atoms with Gasteiger partial charge in [-0.1, -0.05) is 18.2 Å². The van der Waals surface area contributed by atoms with E-state index in [-0.39, 0.29) is 30.1 Å². The molecule has 0 aliphatic carbocycles. The minimum absolute atomic E-state index is 0.168. The molecule has 1 N–H and O–H groups in total. The minimum Gasteiger partial charge on any atom is -0.476 e. The van der Waals surface area contributed by atoms with E-state index >= 15 is 0 Å². The standard InChI is InChI=1S/C29H29FN4O4/c1-29(2)28(37)34(19-26(35)33-16-14-32(15-17-33)23-11-9-21(30)10-12-23)24-18-20(8-13-25(24)38-29)27(36)31-22-6-4-3-5-7-22/h3-13,18H,14-17,19H2,1-2H3,(H,31,36). The van der Waals surface area contributed by atoms with Crippen molar-refractivity contribution in [3.63, 3.8) is 0 Å². The maximum atomic E-state index is 13.4. The van der Waals surface area contributed by atoms with Gasteiger partial charge in [0, 0.05) is 43.1 Å². The summed E-state index contributed by atoms with van der Waals surface area (Å²) in [6, 6.07) is 20.2. The smallest absolute Gasteiger partial charge is 0.271 e. The van der Waals surface area contributed by atoms with E-state index in [1.54, 1.807) is 61.2 Å². The Balaban J connectivity index is 1.32. The van der Waals surface area contributed by atoms with E-state index < -0.39 is 5.60 Å². The molecule has 3 aromatic rings. The van der Waals surface area contributed by atoms with Gasteiger partial charge in [0.05, 0.1) is 5.69 Å². The fraction of sp³-hybridized carbons (Fsp3) is 0.276. The lowest BCUT2D eigenvalue weighted by molar-refractivity contribution is -0.136. The number of halogens is 1. The lowest BCUT2D eigenvalue weighted by Crippen LogP contribution is -2.57. The van der Waals surface area contributed by atoms with E-state index in [0.29, 0.717) is 48.9 Å². The molecule has 38 heavy (non-hydrogen) atoms. The van der Waals surface area contributed by atoms with Gasteiger partial charge in [0.15, 0.2) is 5.60 Å². The number of hydrogen-bond donors (Lipinski definition) is 1. The third kappa shape index (κ3) is 5.18. The highest BCUT2D eigenvalue weighted by molar-refractivity contribution is 6.09. The van der Waals surface area contributed by atoms with Gasteiger partial charge in [-0.2, -0.15) is 0 Å². The average Bonchev–Trinajstić information content (AvgIpc) is 2.92. The lowest BCUT2D eigenvalue weighted by Gasteiger charge is -2.40. The van der Waals surface area contributed by atoms with E-state index in [2.05, 4.69) is 10.2 Å². The van der Waals surface area contributed by atoms with Gasteiger partial charge >= 0.3 is 0 Å². The predicted octanol–water partition coefficient (Wildman–Crippen LogP) is 3.93. The van der Waals surface area contributed by atoms with E-state index in [9.17, 15) is 18.8 Å². The zero-order valence-corrected chi connectivity index (χ0v) is 21.3. The number of carbonyl (C=O) groups is 3. The van der Waals surface area contributed by atoms with Crippen molar-refractivity contribution >= 4 is 34.8 Å². The van der Waals surface area contributed by atoms with Gasteiger partial charge in [-0.3, -0.25) is 19.3 Å². The first-order valence-electron chi connectivity index (χ1n) is 12.5. The number of hydrogen-bond acceptors (Lipinski definition) is 5. The Bertz CT molecular complexity index is 1350. The van der Waals surface area contributed by atoms with Gasteiger partial charge in [-0.15, -0.1) is 0 Å². The Morgan fingerprint density at radius 3 is 2.32 bits per heavy atom. The molecule has 5 rings (SSSR count). The van der Waals surface area contributed by atoms with Crippen LogP contribution in [0.5, 0.6) is 5.75 Å². The van der Waals surface area contributed by atoms with E-state index in [0.717, 1.165) is 5.69 Å². The van der Waals surface area contributed by atoms with Crippen LogP contribution in [-0.4, -0.2) is 60.9 Å². The molecule has 0 spiro atoms. The summed E-state index contributed by atoms with van der Waals surface area (Å²) in [7, 11) is 0. The number of carbonyl (C=O) groups excluding carboxylic acids is 3. The van der Waals surface area contributed by atoms with Crippen molar-refractivity contribution in [2.45, 2.75) is 19.4 Å². The first kappa shape index (κ1) is 25.3. The first-order chi connectivity index (χ1) is 18.2. The van der Waals surface area contributed by atoms with Crippen LogP contribution < -0.4 is 19.9 Å². The minimum atomic E-state index is -1.16. The van der Waals surface area contributed by atoms with Gasteiger partial charge in [0.1, 0.15) is 18.1 Å². The van der Waals surface area contributed by atoms with Crippen molar-refractivity contribution in [2.75, 3.05) is 47.8 Å². The van der Waals surface area contributed by atoms with Gasteiger partial charge in [-0.05, 0) is 68.4 Å². The van der Waals surface area contributed by atoms with Crippen molar-refractivity contribution < 1.29 is 23.5 Å².